The number of carbonyl (C=O) groups is 1. The third-order valence-electron chi connectivity index (χ3n) is 6.00. The summed E-state index contributed by atoms with van der Waals surface area (Å²) >= 11 is 0. The van der Waals surface area contributed by atoms with Crippen molar-refractivity contribution in [2.24, 2.45) is 5.41 Å². The third-order valence-corrected chi connectivity index (χ3v) is 6.00. The van der Waals surface area contributed by atoms with Gasteiger partial charge in [0.2, 0.25) is 0 Å². The SMILES string of the molecule is CC1(C)CC[C@H](O)[C@@H](NC(=O)OCC2c3ccccc3-c3ccccc32)C1. The molecule has 2 atom stereocenters. The second kappa shape index (κ2) is 7.01. The smallest absolute Gasteiger partial charge is 0.407 e. The van der Waals surface area contributed by atoms with E-state index in [-0.39, 0.29) is 17.4 Å². The van der Waals surface area contributed by atoms with Crippen LogP contribution in [-0.4, -0.2) is 30.0 Å². The monoisotopic (exact) mass is 365 g/mol. The van der Waals surface area contributed by atoms with Gasteiger partial charge in [0.25, 0.3) is 0 Å². The van der Waals surface area contributed by atoms with Crippen LogP contribution in [0.3, 0.4) is 0 Å². The van der Waals surface area contributed by atoms with E-state index in [0.717, 1.165) is 12.8 Å². The normalized spacial score (nSPS) is 23.4. The fraction of sp³-hybridized carbons (Fsp3) is 0.435. The lowest BCUT2D eigenvalue weighted by atomic mass is 9.74. The molecule has 27 heavy (non-hydrogen) atoms. The second-order valence-electron chi connectivity index (χ2n) is 8.55. The molecule has 0 bridgehead atoms. The lowest BCUT2D eigenvalue weighted by molar-refractivity contribution is 0.0397. The Labute approximate surface area is 160 Å². The Bertz CT molecular complexity index is 800. The number of rotatable bonds is 3. The number of hydrogen-bond donors (Lipinski definition) is 2. The number of carbonyl (C=O) groups excluding carboxylic acids is 1. The Morgan fingerprint density at radius 2 is 1.70 bits per heavy atom. The first-order chi connectivity index (χ1) is 12.9. The summed E-state index contributed by atoms with van der Waals surface area (Å²) in [4.78, 5) is 12.4. The van der Waals surface area contributed by atoms with Crippen molar-refractivity contribution in [3.8, 4) is 11.1 Å². The van der Waals surface area contributed by atoms with E-state index in [1.54, 1.807) is 0 Å². The number of aliphatic hydroxyl groups is 1. The van der Waals surface area contributed by atoms with Crippen molar-refractivity contribution in [2.45, 2.75) is 51.2 Å². The van der Waals surface area contributed by atoms with Gasteiger partial charge >= 0.3 is 6.09 Å². The van der Waals surface area contributed by atoms with Gasteiger partial charge in [0.15, 0.2) is 0 Å². The van der Waals surface area contributed by atoms with E-state index < -0.39 is 12.2 Å². The van der Waals surface area contributed by atoms with Crippen LogP contribution in [0, 0.1) is 5.41 Å². The van der Waals surface area contributed by atoms with Crippen LogP contribution in [0.1, 0.15) is 50.2 Å². The Morgan fingerprint density at radius 3 is 2.33 bits per heavy atom. The van der Waals surface area contributed by atoms with Gasteiger partial charge in [-0.15, -0.1) is 0 Å². The van der Waals surface area contributed by atoms with Crippen molar-refractivity contribution < 1.29 is 14.6 Å². The highest BCUT2D eigenvalue weighted by atomic mass is 16.5. The summed E-state index contributed by atoms with van der Waals surface area (Å²) in [6.45, 7) is 4.64. The summed E-state index contributed by atoms with van der Waals surface area (Å²) in [5.41, 5.74) is 4.95. The van der Waals surface area contributed by atoms with Crippen LogP contribution in [0.15, 0.2) is 48.5 Å². The molecule has 1 amide bonds. The van der Waals surface area contributed by atoms with Crippen LogP contribution >= 0.6 is 0 Å². The molecule has 2 aliphatic carbocycles. The molecule has 142 valence electrons. The highest BCUT2D eigenvalue weighted by molar-refractivity contribution is 5.79. The van der Waals surface area contributed by atoms with E-state index in [2.05, 4.69) is 43.4 Å². The van der Waals surface area contributed by atoms with Gasteiger partial charge in [-0.2, -0.15) is 0 Å². The second-order valence-corrected chi connectivity index (χ2v) is 8.55. The number of nitrogens with one attached hydrogen (secondary N) is 1. The van der Waals surface area contributed by atoms with Crippen molar-refractivity contribution in [1.29, 1.82) is 0 Å². The van der Waals surface area contributed by atoms with Crippen LogP contribution in [0.5, 0.6) is 0 Å². The van der Waals surface area contributed by atoms with Crippen molar-refractivity contribution in [3.05, 3.63) is 59.7 Å². The molecule has 0 aromatic heterocycles. The van der Waals surface area contributed by atoms with Crippen molar-refractivity contribution in [1.82, 2.24) is 5.32 Å². The molecule has 0 aliphatic heterocycles. The van der Waals surface area contributed by atoms with Gasteiger partial charge in [-0.3, -0.25) is 0 Å². The molecule has 0 spiro atoms. The fourth-order valence-electron chi connectivity index (χ4n) is 4.51. The summed E-state index contributed by atoms with van der Waals surface area (Å²) in [6.07, 6.45) is 1.49. The number of ether oxygens (including phenoxy) is 1. The molecule has 0 heterocycles. The zero-order valence-corrected chi connectivity index (χ0v) is 15.9. The Kier molecular flexibility index (Phi) is 4.68. The topological polar surface area (TPSA) is 58.6 Å². The highest BCUT2D eigenvalue weighted by Gasteiger charge is 2.35. The average Bonchev–Trinajstić information content (AvgIpc) is 2.97. The molecule has 4 nitrogen and oxygen atoms in total. The van der Waals surface area contributed by atoms with E-state index in [1.807, 2.05) is 24.3 Å². The highest BCUT2D eigenvalue weighted by Crippen LogP contribution is 2.44. The van der Waals surface area contributed by atoms with Gasteiger partial charge in [0, 0.05) is 5.92 Å². The Morgan fingerprint density at radius 1 is 1.11 bits per heavy atom. The molecule has 2 N–H and O–H groups in total. The number of amides is 1. The van der Waals surface area contributed by atoms with Crippen LogP contribution in [0.4, 0.5) is 4.79 Å². The van der Waals surface area contributed by atoms with Gasteiger partial charge in [-0.25, -0.2) is 4.79 Å². The van der Waals surface area contributed by atoms with E-state index in [9.17, 15) is 9.90 Å². The fourth-order valence-corrected chi connectivity index (χ4v) is 4.51. The maximum Gasteiger partial charge on any atom is 0.407 e. The molecule has 0 radical (unpaired) electrons. The molecule has 4 rings (SSSR count). The van der Waals surface area contributed by atoms with Crippen LogP contribution in [0.25, 0.3) is 11.1 Å². The zero-order valence-electron chi connectivity index (χ0n) is 15.9. The molecule has 1 fully saturated rings. The zero-order chi connectivity index (χ0) is 19.0. The van der Waals surface area contributed by atoms with Gasteiger partial charge in [-0.05, 0) is 46.9 Å². The molecular formula is C23H27NO3. The molecule has 0 unspecified atom stereocenters. The minimum atomic E-state index is -0.501. The molecule has 1 saturated carbocycles. The maximum atomic E-state index is 12.4. The predicted molar refractivity (Wildman–Crippen MR) is 106 cm³/mol. The van der Waals surface area contributed by atoms with Crippen molar-refractivity contribution >= 4 is 6.09 Å². The van der Waals surface area contributed by atoms with Gasteiger partial charge in [0.05, 0.1) is 12.1 Å². The van der Waals surface area contributed by atoms with E-state index in [4.69, 9.17) is 4.74 Å². The standard InChI is InChI=1S/C23H27NO3/c1-23(2)12-11-21(25)20(13-23)24-22(26)27-14-19-17-9-5-3-7-15(17)16-8-4-6-10-18(16)19/h3-10,19-21,25H,11-14H2,1-2H3,(H,24,26)/t20-,21-/m0/s1. The van der Waals surface area contributed by atoms with Crippen LogP contribution in [0.2, 0.25) is 0 Å². The summed E-state index contributed by atoms with van der Waals surface area (Å²) < 4.78 is 5.60. The van der Waals surface area contributed by atoms with E-state index in [0.29, 0.717) is 13.0 Å². The Hall–Kier alpha value is -2.33. The Balaban J connectivity index is 1.44. The summed E-state index contributed by atoms with van der Waals surface area (Å²) in [5, 5.41) is 13.1. The molecule has 4 heteroatoms. The number of benzene rings is 2. The van der Waals surface area contributed by atoms with Crippen LogP contribution in [-0.2, 0) is 4.74 Å². The van der Waals surface area contributed by atoms with Crippen molar-refractivity contribution in [2.75, 3.05) is 6.61 Å². The third kappa shape index (κ3) is 3.59. The summed E-state index contributed by atoms with van der Waals surface area (Å²) in [6, 6.07) is 16.3. The number of aliphatic hydroxyl groups excluding tert-OH is 1. The van der Waals surface area contributed by atoms with Gasteiger partial charge in [-0.1, -0.05) is 62.4 Å². The number of fused-ring (bicyclic) bond motifs is 3. The lowest BCUT2D eigenvalue weighted by Crippen LogP contribution is -2.49. The average molecular weight is 365 g/mol. The quantitative estimate of drug-likeness (QED) is 0.844. The molecule has 2 aromatic rings. The predicted octanol–water partition coefficient (Wildman–Crippen LogP) is 4.46. The van der Waals surface area contributed by atoms with Crippen molar-refractivity contribution in [3.63, 3.8) is 0 Å². The summed E-state index contributed by atoms with van der Waals surface area (Å²) in [7, 11) is 0. The first-order valence-corrected chi connectivity index (χ1v) is 9.74. The molecular weight excluding hydrogens is 338 g/mol. The molecule has 2 aliphatic rings. The minimum Gasteiger partial charge on any atom is -0.449 e. The maximum absolute atomic E-state index is 12.4. The summed E-state index contributed by atoms with van der Waals surface area (Å²) in [5.74, 6) is 0.0517. The van der Waals surface area contributed by atoms with E-state index in [1.165, 1.54) is 22.3 Å². The number of alkyl carbamates (subject to hydrolysis) is 1. The first-order valence-electron chi connectivity index (χ1n) is 9.74. The molecule has 0 saturated heterocycles. The lowest BCUT2D eigenvalue weighted by Gasteiger charge is -2.38. The minimum absolute atomic E-state index is 0.0517. The first kappa shape index (κ1) is 18.1. The van der Waals surface area contributed by atoms with Gasteiger partial charge in [0.1, 0.15) is 6.61 Å². The molecule has 2 aromatic carbocycles. The van der Waals surface area contributed by atoms with Crippen LogP contribution < -0.4 is 5.32 Å². The van der Waals surface area contributed by atoms with E-state index >= 15 is 0 Å². The largest absolute Gasteiger partial charge is 0.449 e. The van der Waals surface area contributed by atoms with Gasteiger partial charge < -0.3 is 15.2 Å². The number of hydrogen-bond acceptors (Lipinski definition) is 3.